The van der Waals surface area contributed by atoms with Crippen LogP contribution in [0.25, 0.3) is 0 Å². The van der Waals surface area contributed by atoms with Crippen molar-refractivity contribution in [1.82, 2.24) is 10.2 Å². The van der Waals surface area contributed by atoms with Gasteiger partial charge >= 0.3 is 6.18 Å². The lowest BCUT2D eigenvalue weighted by molar-refractivity contribution is -0.137. The zero-order chi connectivity index (χ0) is 15.7. The second-order valence-corrected chi connectivity index (χ2v) is 6.25. The molecule has 0 aromatic heterocycles. The molecule has 0 spiro atoms. The van der Waals surface area contributed by atoms with Gasteiger partial charge in [0, 0.05) is 31.2 Å². The third-order valence-corrected chi connectivity index (χ3v) is 4.42. The maximum absolute atomic E-state index is 12.8. The van der Waals surface area contributed by atoms with Gasteiger partial charge in [-0.2, -0.15) is 13.2 Å². The molecule has 0 aliphatic carbocycles. The average molecular weight is 300 g/mol. The summed E-state index contributed by atoms with van der Waals surface area (Å²) in [6, 6.07) is 5.97. The fourth-order valence-corrected chi connectivity index (χ4v) is 2.71. The third kappa shape index (κ3) is 3.98. The minimum absolute atomic E-state index is 0.0359. The number of piperazine rings is 1. The Morgan fingerprint density at radius 2 is 2.10 bits per heavy atom. The molecule has 21 heavy (non-hydrogen) atoms. The lowest BCUT2D eigenvalue weighted by Crippen LogP contribution is -2.61. The molecule has 0 amide bonds. The molecule has 1 aliphatic rings. The maximum atomic E-state index is 12.8. The Kier molecular flexibility index (Phi) is 4.63. The van der Waals surface area contributed by atoms with E-state index in [0.29, 0.717) is 12.6 Å². The summed E-state index contributed by atoms with van der Waals surface area (Å²) in [6.07, 6.45) is -3.28. The second kappa shape index (κ2) is 5.97. The van der Waals surface area contributed by atoms with E-state index in [4.69, 9.17) is 0 Å². The van der Waals surface area contributed by atoms with Crippen LogP contribution in [0.15, 0.2) is 24.3 Å². The van der Waals surface area contributed by atoms with E-state index in [1.807, 2.05) is 0 Å². The topological polar surface area (TPSA) is 15.3 Å². The summed E-state index contributed by atoms with van der Waals surface area (Å²) < 4.78 is 38.3. The molecule has 118 valence electrons. The summed E-state index contributed by atoms with van der Waals surface area (Å²) in [5, 5.41) is 3.52. The maximum Gasteiger partial charge on any atom is 0.416 e. The van der Waals surface area contributed by atoms with E-state index in [2.05, 4.69) is 31.0 Å². The van der Waals surface area contributed by atoms with Crippen molar-refractivity contribution >= 4 is 0 Å². The third-order valence-electron chi connectivity index (χ3n) is 4.42. The van der Waals surface area contributed by atoms with Crippen molar-refractivity contribution in [1.29, 1.82) is 0 Å². The number of hydrogen-bond donors (Lipinski definition) is 1. The molecular weight excluding hydrogens is 277 g/mol. The van der Waals surface area contributed by atoms with Gasteiger partial charge < -0.3 is 5.32 Å². The van der Waals surface area contributed by atoms with E-state index in [1.54, 1.807) is 6.07 Å². The first kappa shape index (κ1) is 16.3. The molecule has 2 unspecified atom stereocenters. The molecule has 1 aliphatic heterocycles. The number of benzene rings is 1. The van der Waals surface area contributed by atoms with Crippen LogP contribution in [-0.2, 0) is 12.7 Å². The monoisotopic (exact) mass is 300 g/mol. The number of rotatable bonds is 3. The van der Waals surface area contributed by atoms with E-state index >= 15 is 0 Å². The molecule has 0 radical (unpaired) electrons. The normalized spacial score (nSPS) is 27.8. The van der Waals surface area contributed by atoms with E-state index in [0.717, 1.165) is 31.1 Å². The molecule has 1 fully saturated rings. The van der Waals surface area contributed by atoms with Crippen molar-refractivity contribution in [3.8, 4) is 0 Å². The van der Waals surface area contributed by atoms with Gasteiger partial charge in [0.1, 0.15) is 0 Å². The van der Waals surface area contributed by atoms with Crippen LogP contribution in [0.1, 0.15) is 38.3 Å². The minimum Gasteiger partial charge on any atom is -0.309 e. The Labute approximate surface area is 124 Å². The molecule has 2 nitrogen and oxygen atoms in total. The predicted molar refractivity (Wildman–Crippen MR) is 78.0 cm³/mol. The SMILES string of the molecule is CCC1(C)CN(Cc2cccc(C(F)(F)F)c2)C(C)CN1. The first-order valence-electron chi connectivity index (χ1n) is 7.39. The minimum atomic E-state index is -4.27. The average Bonchev–Trinajstić information content (AvgIpc) is 2.43. The van der Waals surface area contributed by atoms with Crippen molar-refractivity contribution in [2.45, 2.75) is 51.5 Å². The van der Waals surface area contributed by atoms with Gasteiger partial charge in [0.15, 0.2) is 0 Å². The zero-order valence-corrected chi connectivity index (χ0v) is 12.8. The molecule has 1 aromatic carbocycles. The van der Waals surface area contributed by atoms with Crippen LogP contribution in [0.2, 0.25) is 0 Å². The highest BCUT2D eigenvalue weighted by Crippen LogP contribution is 2.30. The smallest absolute Gasteiger partial charge is 0.309 e. The number of hydrogen-bond acceptors (Lipinski definition) is 2. The Morgan fingerprint density at radius 3 is 2.71 bits per heavy atom. The molecule has 2 rings (SSSR count). The lowest BCUT2D eigenvalue weighted by atomic mass is 9.93. The summed E-state index contributed by atoms with van der Waals surface area (Å²) >= 11 is 0. The standard InChI is InChI=1S/C16H23F3N2/c1-4-15(3)11-21(12(2)9-20-15)10-13-6-5-7-14(8-13)16(17,18)19/h5-8,12,20H,4,9-11H2,1-3H3. The Balaban J connectivity index is 2.13. The Bertz CT molecular complexity index is 487. The van der Waals surface area contributed by atoms with Gasteiger partial charge in [0.2, 0.25) is 0 Å². The molecule has 0 saturated carbocycles. The van der Waals surface area contributed by atoms with E-state index in [-0.39, 0.29) is 5.54 Å². The lowest BCUT2D eigenvalue weighted by Gasteiger charge is -2.45. The number of nitrogens with one attached hydrogen (secondary N) is 1. The highest BCUT2D eigenvalue weighted by molar-refractivity contribution is 5.25. The summed E-state index contributed by atoms with van der Waals surface area (Å²) in [5.74, 6) is 0. The number of nitrogens with zero attached hydrogens (tertiary/aromatic N) is 1. The first-order chi connectivity index (χ1) is 9.73. The van der Waals surface area contributed by atoms with Gasteiger partial charge in [0.05, 0.1) is 5.56 Å². The number of alkyl halides is 3. The summed E-state index contributed by atoms with van der Waals surface area (Å²) in [6.45, 7) is 8.67. The molecule has 1 saturated heterocycles. The van der Waals surface area contributed by atoms with Gasteiger partial charge in [-0.05, 0) is 31.9 Å². The number of halogens is 3. The van der Waals surface area contributed by atoms with Crippen LogP contribution in [0.5, 0.6) is 0 Å². The summed E-state index contributed by atoms with van der Waals surface area (Å²) in [5.41, 5.74) is 0.187. The van der Waals surface area contributed by atoms with Gasteiger partial charge in [-0.1, -0.05) is 25.1 Å². The van der Waals surface area contributed by atoms with Crippen LogP contribution in [0.3, 0.4) is 0 Å². The van der Waals surface area contributed by atoms with E-state index < -0.39 is 11.7 Å². The van der Waals surface area contributed by atoms with Crippen molar-refractivity contribution in [3.05, 3.63) is 35.4 Å². The fraction of sp³-hybridized carbons (Fsp3) is 0.625. The molecule has 2 atom stereocenters. The predicted octanol–water partition coefficient (Wildman–Crippen LogP) is 3.67. The first-order valence-corrected chi connectivity index (χ1v) is 7.39. The van der Waals surface area contributed by atoms with Crippen molar-refractivity contribution in [2.24, 2.45) is 0 Å². The molecule has 0 bridgehead atoms. The van der Waals surface area contributed by atoms with Crippen LogP contribution >= 0.6 is 0 Å². The van der Waals surface area contributed by atoms with E-state index in [9.17, 15) is 13.2 Å². The van der Waals surface area contributed by atoms with E-state index in [1.165, 1.54) is 12.1 Å². The Morgan fingerprint density at radius 1 is 1.38 bits per heavy atom. The Hall–Kier alpha value is -1.07. The highest BCUT2D eigenvalue weighted by Gasteiger charge is 2.33. The molecule has 1 heterocycles. The largest absolute Gasteiger partial charge is 0.416 e. The van der Waals surface area contributed by atoms with Crippen LogP contribution in [0.4, 0.5) is 13.2 Å². The van der Waals surface area contributed by atoms with Crippen LogP contribution in [-0.4, -0.2) is 29.6 Å². The molecule has 1 aromatic rings. The van der Waals surface area contributed by atoms with Gasteiger partial charge in [-0.25, -0.2) is 0 Å². The molecular formula is C16H23F3N2. The van der Waals surface area contributed by atoms with Gasteiger partial charge in [-0.3, -0.25) is 4.90 Å². The van der Waals surface area contributed by atoms with Crippen LogP contribution < -0.4 is 5.32 Å². The molecule has 1 N–H and O–H groups in total. The van der Waals surface area contributed by atoms with Crippen LogP contribution in [0, 0.1) is 0 Å². The quantitative estimate of drug-likeness (QED) is 0.916. The van der Waals surface area contributed by atoms with Gasteiger partial charge in [-0.15, -0.1) is 0 Å². The summed E-state index contributed by atoms with van der Waals surface area (Å²) in [7, 11) is 0. The van der Waals surface area contributed by atoms with Crippen molar-refractivity contribution in [3.63, 3.8) is 0 Å². The summed E-state index contributed by atoms with van der Waals surface area (Å²) in [4.78, 5) is 2.26. The van der Waals surface area contributed by atoms with Gasteiger partial charge in [0.25, 0.3) is 0 Å². The fourth-order valence-electron chi connectivity index (χ4n) is 2.71. The second-order valence-electron chi connectivity index (χ2n) is 6.25. The zero-order valence-electron chi connectivity index (χ0n) is 12.8. The van der Waals surface area contributed by atoms with Crippen molar-refractivity contribution in [2.75, 3.05) is 13.1 Å². The highest BCUT2D eigenvalue weighted by atomic mass is 19.4. The van der Waals surface area contributed by atoms with Crippen molar-refractivity contribution < 1.29 is 13.2 Å². The molecule has 5 heteroatoms.